The molecule has 1 heteroatoms. The number of hydrogen-bond acceptors (Lipinski definition) is 1. The van der Waals surface area contributed by atoms with Crippen LogP contribution < -0.4 is 0 Å². The zero-order valence-electron chi connectivity index (χ0n) is 9.10. The van der Waals surface area contributed by atoms with Gasteiger partial charge < -0.3 is 0 Å². The van der Waals surface area contributed by atoms with Crippen molar-refractivity contribution in [1.29, 1.82) is 0 Å². The molecule has 0 aliphatic heterocycles. The second kappa shape index (κ2) is 4.61. The summed E-state index contributed by atoms with van der Waals surface area (Å²) in [6.07, 6.45) is 0. The number of rotatable bonds is 2. The summed E-state index contributed by atoms with van der Waals surface area (Å²) in [5, 5.41) is 0. The summed E-state index contributed by atoms with van der Waals surface area (Å²) < 4.78 is 0. The van der Waals surface area contributed by atoms with E-state index in [1.165, 1.54) is 5.56 Å². The molecule has 0 heterocycles. The topological polar surface area (TPSA) is 17.1 Å². The molecule has 0 aliphatic rings. The third-order valence-corrected chi connectivity index (χ3v) is 2.50. The monoisotopic (exact) mass is 208 g/mol. The van der Waals surface area contributed by atoms with Gasteiger partial charge in [-0.1, -0.05) is 60.2 Å². The first-order valence-corrected chi connectivity index (χ1v) is 5.19. The van der Waals surface area contributed by atoms with E-state index in [-0.39, 0.29) is 0 Å². The van der Waals surface area contributed by atoms with Crippen molar-refractivity contribution in [2.24, 2.45) is 0 Å². The Morgan fingerprint density at radius 1 is 0.875 bits per heavy atom. The largest absolute Gasteiger partial charge is 0.233 e. The average molecular weight is 208 g/mol. The standard InChI is InChI=1S/C15H12O/c1-12-7-9-14(10-8-12)15(11-16)13-5-3-2-4-6-13/h2-10H,1H3. The Bertz CT molecular complexity index is 517. The second-order valence-corrected chi connectivity index (χ2v) is 3.71. The maximum Gasteiger partial charge on any atom is 0.133 e. The smallest absolute Gasteiger partial charge is 0.133 e. The van der Waals surface area contributed by atoms with E-state index < -0.39 is 0 Å². The number of carbonyl (C=O) groups excluding carboxylic acids is 1. The molecule has 0 radical (unpaired) electrons. The third-order valence-electron chi connectivity index (χ3n) is 2.50. The Kier molecular flexibility index (Phi) is 3.00. The lowest BCUT2D eigenvalue weighted by Gasteiger charge is -2.03. The van der Waals surface area contributed by atoms with E-state index in [2.05, 4.69) is 0 Å². The van der Waals surface area contributed by atoms with Gasteiger partial charge in [0.2, 0.25) is 0 Å². The quantitative estimate of drug-likeness (QED) is 0.692. The first-order chi connectivity index (χ1) is 7.81. The molecular weight excluding hydrogens is 196 g/mol. The zero-order valence-corrected chi connectivity index (χ0v) is 9.10. The molecule has 2 rings (SSSR count). The molecule has 0 amide bonds. The van der Waals surface area contributed by atoms with Crippen LogP contribution in [0.2, 0.25) is 0 Å². The zero-order chi connectivity index (χ0) is 11.4. The SMILES string of the molecule is Cc1ccc(C(=C=O)c2ccccc2)cc1. The molecule has 0 atom stereocenters. The molecule has 2 aromatic rings. The number of aryl methyl sites for hydroxylation is 1. The lowest BCUT2D eigenvalue weighted by atomic mass is 9.99. The van der Waals surface area contributed by atoms with Gasteiger partial charge in [-0.25, -0.2) is 4.79 Å². The van der Waals surface area contributed by atoms with Gasteiger partial charge in [0.05, 0.1) is 5.57 Å². The lowest BCUT2D eigenvalue weighted by molar-refractivity contribution is 0.569. The minimum Gasteiger partial charge on any atom is -0.233 e. The van der Waals surface area contributed by atoms with E-state index in [0.29, 0.717) is 5.57 Å². The highest BCUT2D eigenvalue weighted by Crippen LogP contribution is 2.20. The molecule has 2 aromatic carbocycles. The van der Waals surface area contributed by atoms with Crippen LogP contribution in [0.1, 0.15) is 16.7 Å². The molecule has 78 valence electrons. The number of benzene rings is 2. The highest BCUT2D eigenvalue weighted by Gasteiger charge is 2.04. The Hall–Kier alpha value is -2.11. The predicted octanol–water partition coefficient (Wildman–Crippen LogP) is 3.26. The molecule has 0 fully saturated rings. The fourth-order valence-corrected chi connectivity index (χ4v) is 1.61. The molecule has 0 bridgehead atoms. The van der Waals surface area contributed by atoms with Crippen molar-refractivity contribution in [1.82, 2.24) is 0 Å². The van der Waals surface area contributed by atoms with Gasteiger partial charge >= 0.3 is 0 Å². The molecule has 0 unspecified atom stereocenters. The molecule has 16 heavy (non-hydrogen) atoms. The van der Waals surface area contributed by atoms with Crippen LogP contribution in [0.4, 0.5) is 0 Å². The maximum atomic E-state index is 11.0. The fraction of sp³-hybridized carbons (Fsp3) is 0.0667. The van der Waals surface area contributed by atoms with Crippen molar-refractivity contribution < 1.29 is 4.79 Å². The van der Waals surface area contributed by atoms with E-state index in [0.717, 1.165) is 11.1 Å². The number of hydrogen-bond donors (Lipinski definition) is 0. The Morgan fingerprint density at radius 3 is 2.00 bits per heavy atom. The summed E-state index contributed by atoms with van der Waals surface area (Å²) in [7, 11) is 0. The van der Waals surface area contributed by atoms with Crippen molar-refractivity contribution in [3.8, 4) is 0 Å². The molecule has 1 nitrogen and oxygen atoms in total. The summed E-state index contributed by atoms with van der Waals surface area (Å²) in [5.74, 6) is 2.02. The lowest BCUT2D eigenvalue weighted by Crippen LogP contribution is -1.88. The van der Waals surface area contributed by atoms with Gasteiger partial charge in [0, 0.05) is 0 Å². The van der Waals surface area contributed by atoms with E-state index in [4.69, 9.17) is 0 Å². The molecular formula is C15H12O. The summed E-state index contributed by atoms with van der Waals surface area (Å²) in [6, 6.07) is 17.5. The van der Waals surface area contributed by atoms with Crippen molar-refractivity contribution in [3.05, 3.63) is 71.3 Å². The van der Waals surface area contributed by atoms with Crippen LogP contribution in [-0.2, 0) is 4.79 Å². The Labute approximate surface area is 95.1 Å². The average Bonchev–Trinajstić information content (AvgIpc) is 2.34. The minimum absolute atomic E-state index is 0.612. The molecule has 0 aliphatic carbocycles. The van der Waals surface area contributed by atoms with Crippen molar-refractivity contribution >= 4 is 11.5 Å². The Morgan fingerprint density at radius 2 is 1.44 bits per heavy atom. The molecule has 0 N–H and O–H groups in total. The molecule has 0 aromatic heterocycles. The van der Waals surface area contributed by atoms with E-state index in [1.807, 2.05) is 67.5 Å². The van der Waals surface area contributed by atoms with Crippen LogP contribution >= 0.6 is 0 Å². The van der Waals surface area contributed by atoms with Crippen LogP contribution in [0.3, 0.4) is 0 Å². The van der Waals surface area contributed by atoms with Gasteiger partial charge in [-0.05, 0) is 18.1 Å². The predicted molar refractivity (Wildman–Crippen MR) is 65.8 cm³/mol. The maximum absolute atomic E-state index is 11.0. The van der Waals surface area contributed by atoms with Crippen LogP contribution in [0.25, 0.3) is 5.57 Å². The van der Waals surface area contributed by atoms with Gasteiger partial charge in [-0.2, -0.15) is 0 Å². The van der Waals surface area contributed by atoms with Crippen LogP contribution in [-0.4, -0.2) is 5.94 Å². The van der Waals surface area contributed by atoms with E-state index in [1.54, 1.807) is 0 Å². The van der Waals surface area contributed by atoms with Gasteiger partial charge in [-0.3, -0.25) is 0 Å². The van der Waals surface area contributed by atoms with Crippen molar-refractivity contribution in [2.45, 2.75) is 6.92 Å². The highest BCUT2D eigenvalue weighted by atomic mass is 16.1. The molecule has 0 spiro atoms. The minimum atomic E-state index is 0.612. The molecule has 0 saturated heterocycles. The highest BCUT2D eigenvalue weighted by molar-refractivity contribution is 5.96. The summed E-state index contributed by atoms with van der Waals surface area (Å²) in [4.78, 5) is 11.0. The van der Waals surface area contributed by atoms with Gasteiger partial charge in [-0.15, -0.1) is 0 Å². The van der Waals surface area contributed by atoms with E-state index >= 15 is 0 Å². The van der Waals surface area contributed by atoms with Gasteiger partial charge in [0.15, 0.2) is 0 Å². The van der Waals surface area contributed by atoms with Crippen molar-refractivity contribution in [2.75, 3.05) is 0 Å². The Balaban J connectivity index is 2.46. The van der Waals surface area contributed by atoms with Crippen LogP contribution in [0, 0.1) is 6.92 Å². The first-order valence-electron chi connectivity index (χ1n) is 5.19. The fourth-order valence-electron chi connectivity index (χ4n) is 1.61. The third kappa shape index (κ3) is 2.10. The van der Waals surface area contributed by atoms with Crippen LogP contribution in [0.5, 0.6) is 0 Å². The van der Waals surface area contributed by atoms with Crippen molar-refractivity contribution in [3.63, 3.8) is 0 Å². The first kappa shape index (κ1) is 10.4. The summed E-state index contributed by atoms with van der Waals surface area (Å²) >= 11 is 0. The van der Waals surface area contributed by atoms with Gasteiger partial charge in [0.25, 0.3) is 0 Å². The summed E-state index contributed by atoms with van der Waals surface area (Å²) in [6.45, 7) is 2.02. The normalized spacial score (nSPS) is 9.56. The van der Waals surface area contributed by atoms with Gasteiger partial charge in [0.1, 0.15) is 5.94 Å². The summed E-state index contributed by atoms with van der Waals surface area (Å²) in [5.41, 5.74) is 3.61. The molecule has 0 saturated carbocycles. The van der Waals surface area contributed by atoms with Crippen LogP contribution in [0.15, 0.2) is 54.6 Å². The second-order valence-electron chi connectivity index (χ2n) is 3.71. The van der Waals surface area contributed by atoms with E-state index in [9.17, 15) is 4.79 Å².